The highest BCUT2D eigenvalue weighted by Crippen LogP contribution is 2.20. The van der Waals surface area contributed by atoms with Crippen molar-refractivity contribution in [3.63, 3.8) is 0 Å². The number of oxazole rings is 1. The number of piperazine rings is 1. The van der Waals surface area contributed by atoms with Crippen LogP contribution in [0.3, 0.4) is 0 Å². The molecule has 1 amide bonds. The highest BCUT2D eigenvalue weighted by atomic mass is 19.1. The van der Waals surface area contributed by atoms with Gasteiger partial charge < -0.3 is 14.2 Å². The lowest BCUT2D eigenvalue weighted by molar-refractivity contribution is 0.0747. The first-order valence-corrected chi connectivity index (χ1v) is 8.27. The lowest BCUT2D eigenvalue weighted by atomic mass is 10.1. The van der Waals surface area contributed by atoms with Gasteiger partial charge in [0.05, 0.1) is 0 Å². The van der Waals surface area contributed by atoms with Crippen molar-refractivity contribution in [3.05, 3.63) is 59.7 Å². The minimum atomic E-state index is -0.240. The number of aromatic nitrogens is 1. The van der Waals surface area contributed by atoms with E-state index in [1.807, 2.05) is 4.90 Å². The first-order valence-electron chi connectivity index (χ1n) is 8.27. The maximum atomic E-state index is 13.0. The molecule has 2 aromatic carbocycles. The molecular formula is C19H18FN3O2. The van der Waals surface area contributed by atoms with Crippen LogP contribution in [0.15, 0.2) is 46.9 Å². The van der Waals surface area contributed by atoms with Gasteiger partial charge in [-0.15, -0.1) is 0 Å². The Kier molecular flexibility index (Phi) is 3.87. The van der Waals surface area contributed by atoms with Crippen LogP contribution in [0.5, 0.6) is 0 Å². The summed E-state index contributed by atoms with van der Waals surface area (Å²) in [6.07, 6.45) is 0. The number of hydrogen-bond acceptors (Lipinski definition) is 4. The molecule has 2 heterocycles. The Bertz CT molecular complexity index is 912. The van der Waals surface area contributed by atoms with Gasteiger partial charge in [0.2, 0.25) is 0 Å². The number of fused-ring (bicyclic) bond motifs is 1. The minimum absolute atomic E-state index is 0.00121. The molecule has 0 N–H and O–H groups in total. The molecule has 6 heteroatoms. The molecule has 5 nitrogen and oxygen atoms in total. The number of aryl methyl sites for hydroxylation is 1. The lowest BCUT2D eigenvalue weighted by Gasteiger charge is -2.36. The molecule has 0 bridgehead atoms. The van der Waals surface area contributed by atoms with Gasteiger partial charge in [0.25, 0.3) is 5.91 Å². The summed E-state index contributed by atoms with van der Waals surface area (Å²) in [6, 6.07) is 11.8. The van der Waals surface area contributed by atoms with Crippen LogP contribution in [0, 0.1) is 12.7 Å². The molecule has 0 saturated carbocycles. The van der Waals surface area contributed by atoms with E-state index in [1.165, 1.54) is 12.1 Å². The number of nitrogens with zero attached hydrogens (tertiary/aromatic N) is 3. The summed E-state index contributed by atoms with van der Waals surface area (Å²) in [5.41, 5.74) is 2.99. The Labute approximate surface area is 144 Å². The lowest BCUT2D eigenvalue weighted by Crippen LogP contribution is -2.48. The standard InChI is InChI=1S/C19H18FN3O2/c1-13-21-17-12-14(2-7-18(17)25-13)19(24)23-10-8-22(9-11-23)16-5-3-15(20)4-6-16/h2-7,12H,8-11H2,1H3. The number of hydrogen-bond donors (Lipinski definition) is 0. The van der Waals surface area contributed by atoms with E-state index in [9.17, 15) is 9.18 Å². The molecule has 25 heavy (non-hydrogen) atoms. The quantitative estimate of drug-likeness (QED) is 0.719. The van der Waals surface area contributed by atoms with Crippen LogP contribution >= 0.6 is 0 Å². The molecular weight excluding hydrogens is 321 g/mol. The summed E-state index contributed by atoms with van der Waals surface area (Å²) >= 11 is 0. The zero-order chi connectivity index (χ0) is 17.4. The molecule has 0 unspecified atom stereocenters. The second kappa shape index (κ2) is 6.20. The van der Waals surface area contributed by atoms with Crippen molar-refractivity contribution in [1.82, 2.24) is 9.88 Å². The molecule has 0 aliphatic carbocycles. The van der Waals surface area contributed by atoms with Crippen molar-refractivity contribution in [3.8, 4) is 0 Å². The van der Waals surface area contributed by atoms with E-state index < -0.39 is 0 Å². The van der Waals surface area contributed by atoms with E-state index in [0.717, 1.165) is 18.8 Å². The van der Waals surface area contributed by atoms with Crippen molar-refractivity contribution < 1.29 is 13.6 Å². The molecule has 0 atom stereocenters. The van der Waals surface area contributed by atoms with Crippen LogP contribution < -0.4 is 4.90 Å². The first-order chi connectivity index (χ1) is 12.1. The van der Waals surface area contributed by atoms with E-state index in [-0.39, 0.29) is 11.7 Å². The van der Waals surface area contributed by atoms with Gasteiger partial charge in [-0.3, -0.25) is 4.79 Å². The summed E-state index contributed by atoms with van der Waals surface area (Å²) in [7, 11) is 0. The highest BCUT2D eigenvalue weighted by Gasteiger charge is 2.23. The predicted molar refractivity (Wildman–Crippen MR) is 93.3 cm³/mol. The van der Waals surface area contributed by atoms with Crippen LogP contribution in [-0.4, -0.2) is 42.0 Å². The van der Waals surface area contributed by atoms with Crippen molar-refractivity contribution in [2.75, 3.05) is 31.1 Å². The molecule has 1 saturated heterocycles. The Morgan fingerprint density at radius 2 is 1.80 bits per heavy atom. The van der Waals surface area contributed by atoms with E-state index in [1.54, 1.807) is 37.3 Å². The Hall–Kier alpha value is -2.89. The van der Waals surface area contributed by atoms with Gasteiger partial charge >= 0.3 is 0 Å². The van der Waals surface area contributed by atoms with E-state index in [2.05, 4.69) is 9.88 Å². The maximum Gasteiger partial charge on any atom is 0.254 e. The zero-order valence-electron chi connectivity index (χ0n) is 13.9. The molecule has 128 valence electrons. The number of anilines is 1. The van der Waals surface area contributed by atoms with Crippen LogP contribution in [0.4, 0.5) is 10.1 Å². The number of amides is 1. The summed E-state index contributed by atoms with van der Waals surface area (Å²) in [5.74, 6) is 0.352. The van der Waals surface area contributed by atoms with Crippen LogP contribution in [-0.2, 0) is 0 Å². The largest absolute Gasteiger partial charge is 0.441 e. The van der Waals surface area contributed by atoms with Gasteiger partial charge in [0, 0.05) is 44.4 Å². The van der Waals surface area contributed by atoms with Crippen LogP contribution in [0.1, 0.15) is 16.2 Å². The normalized spacial score (nSPS) is 15.0. The van der Waals surface area contributed by atoms with Gasteiger partial charge in [0.1, 0.15) is 11.3 Å². The summed E-state index contributed by atoms with van der Waals surface area (Å²) < 4.78 is 18.5. The number of rotatable bonds is 2. The fourth-order valence-electron chi connectivity index (χ4n) is 3.18. The topological polar surface area (TPSA) is 49.6 Å². The molecule has 1 fully saturated rings. The zero-order valence-corrected chi connectivity index (χ0v) is 13.9. The van der Waals surface area contributed by atoms with Crippen LogP contribution in [0.2, 0.25) is 0 Å². The predicted octanol–water partition coefficient (Wildman–Crippen LogP) is 3.24. The Morgan fingerprint density at radius 3 is 2.52 bits per heavy atom. The fraction of sp³-hybridized carbons (Fsp3) is 0.263. The molecule has 1 aromatic heterocycles. The van der Waals surface area contributed by atoms with Crippen molar-refractivity contribution in [2.24, 2.45) is 0 Å². The van der Waals surface area contributed by atoms with Crippen molar-refractivity contribution in [1.29, 1.82) is 0 Å². The minimum Gasteiger partial charge on any atom is -0.441 e. The highest BCUT2D eigenvalue weighted by molar-refractivity contribution is 5.97. The molecule has 0 spiro atoms. The monoisotopic (exact) mass is 339 g/mol. The van der Waals surface area contributed by atoms with Gasteiger partial charge in [-0.1, -0.05) is 0 Å². The summed E-state index contributed by atoms with van der Waals surface area (Å²) in [5, 5.41) is 0. The third-order valence-electron chi connectivity index (χ3n) is 4.50. The molecule has 3 aromatic rings. The third-order valence-corrected chi connectivity index (χ3v) is 4.50. The fourth-order valence-corrected chi connectivity index (χ4v) is 3.18. The smallest absolute Gasteiger partial charge is 0.254 e. The van der Waals surface area contributed by atoms with Crippen LogP contribution in [0.25, 0.3) is 11.1 Å². The second-order valence-corrected chi connectivity index (χ2v) is 6.17. The van der Waals surface area contributed by atoms with E-state index in [0.29, 0.717) is 35.6 Å². The summed E-state index contributed by atoms with van der Waals surface area (Å²) in [6.45, 7) is 4.50. The molecule has 4 rings (SSSR count). The SMILES string of the molecule is Cc1nc2cc(C(=O)N3CCN(c4ccc(F)cc4)CC3)ccc2o1. The number of benzene rings is 2. The number of carbonyl (C=O) groups excluding carboxylic acids is 1. The Balaban J connectivity index is 1.45. The second-order valence-electron chi connectivity index (χ2n) is 6.17. The summed E-state index contributed by atoms with van der Waals surface area (Å²) in [4.78, 5) is 21.0. The van der Waals surface area contributed by atoms with E-state index in [4.69, 9.17) is 4.42 Å². The van der Waals surface area contributed by atoms with E-state index >= 15 is 0 Å². The van der Waals surface area contributed by atoms with Crippen molar-refractivity contribution >= 4 is 22.7 Å². The average Bonchev–Trinajstić information content (AvgIpc) is 3.01. The molecule has 1 aliphatic heterocycles. The average molecular weight is 339 g/mol. The first kappa shape index (κ1) is 15.6. The number of halogens is 1. The van der Waals surface area contributed by atoms with Gasteiger partial charge in [-0.25, -0.2) is 9.37 Å². The third kappa shape index (κ3) is 3.07. The molecule has 0 radical (unpaired) electrons. The molecule has 1 aliphatic rings. The number of carbonyl (C=O) groups is 1. The van der Waals surface area contributed by atoms with Gasteiger partial charge in [0.15, 0.2) is 11.5 Å². The Morgan fingerprint density at radius 1 is 1.08 bits per heavy atom. The van der Waals surface area contributed by atoms with Crippen molar-refractivity contribution in [2.45, 2.75) is 6.92 Å². The maximum absolute atomic E-state index is 13.0. The van der Waals surface area contributed by atoms with Gasteiger partial charge in [-0.2, -0.15) is 0 Å². The van der Waals surface area contributed by atoms with Gasteiger partial charge in [-0.05, 0) is 42.5 Å².